The van der Waals surface area contributed by atoms with Crippen LogP contribution in [0.2, 0.25) is 0 Å². The van der Waals surface area contributed by atoms with Crippen LogP contribution in [0.5, 0.6) is 0 Å². The number of nitro groups is 1. The molecule has 0 unspecified atom stereocenters. The summed E-state index contributed by atoms with van der Waals surface area (Å²) in [5.74, 6) is 0.106. The number of rotatable bonds is 4. The Labute approximate surface area is 162 Å². The van der Waals surface area contributed by atoms with Crippen LogP contribution >= 0.6 is 0 Å². The third-order valence-electron chi connectivity index (χ3n) is 5.20. The number of carbonyl (C=O) groups is 1. The molecule has 0 fully saturated rings. The average molecular weight is 401 g/mol. The number of hydrogen-bond acceptors (Lipinski definition) is 5. The molecular weight excluding hydrogens is 382 g/mol. The second-order valence-corrected chi connectivity index (χ2v) is 8.76. The van der Waals surface area contributed by atoms with E-state index in [1.54, 1.807) is 24.0 Å². The van der Waals surface area contributed by atoms with E-state index in [1.165, 1.54) is 12.1 Å². The maximum atomic E-state index is 12.9. The minimum absolute atomic E-state index is 0.106. The molecule has 0 radical (unpaired) electrons. The van der Waals surface area contributed by atoms with Gasteiger partial charge < -0.3 is 4.90 Å². The Morgan fingerprint density at radius 3 is 2.54 bits per heavy atom. The lowest BCUT2D eigenvalue weighted by Gasteiger charge is -2.35. The van der Waals surface area contributed by atoms with E-state index in [0.29, 0.717) is 30.6 Å². The highest BCUT2D eigenvalue weighted by Gasteiger charge is 2.30. The Bertz CT molecular complexity index is 1090. The SMILES string of the molecule is Cc1ccc([N+](=O)[O-])cc1S(=O)(=O)Nc1cc2c3c(c1)CCC(=O)N3CCC2. The van der Waals surface area contributed by atoms with Crippen molar-refractivity contribution in [1.82, 2.24) is 0 Å². The quantitative estimate of drug-likeness (QED) is 0.626. The second kappa shape index (κ2) is 6.59. The van der Waals surface area contributed by atoms with Crippen molar-refractivity contribution in [1.29, 1.82) is 0 Å². The minimum atomic E-state index is -3.99. The molecule has 0 spiro atoms. The number of aryl methyl sites for hydroxylation is 3. The lowest BCUT2D eigenvalue weighted by atomic mass is 9.91. The number of amides is 1. The molecule has 2 heterocycles. The second-order valence-electron chi connectivity index (χ2n) is 7.10. The summed E-state index contributed by atoms with van der Waals surface area (Å²) in [4.78, 5) is 24.2. The van der Waals surface area contributed by atoms with Gasteiger partial charge in [-0.15, -0.1) is 0 Å². The molecule has 8 nitrogen and oxygen atoms in total. The lowest BCUT2D eigenvalue weighted by molar-refractivity contribution is -0.385. The molecule has 1 N–H and O–H groups in total. The van der Waals surface area contributed by atoms with Crippen LogP contribution in [0.15, 0.2) is 35.2 Å². The zero-order valence-electron chi connectivity index (χ0n) is 15.3. The molecule has 9 heteroatoms. The van der Waals surface area contributed by atoms with E-state index in [2.05, 4.69) is 4.72 Å². The van der Waals surface area contributed by atoms with Gasteiger partial charge in [-0.05, 0) is 55.0 Å². The Hall–Kier alpha value is -2.94. The van der Waals surface area contributed by atoms with Crippen LogP contribution in [0.1, 0.15) is 29.5 Å². The van der Waals surface area contributed by atoms with Gasteiger partial charge in [0.05, 0.1) is 15.5 Å². The number of carbonyl (C=O) groups excluding carboxylic acids is 1. The summed E-state index contributed by atoms with van der Waals surface area (Å²) in [6.07, 6.45) is 2.59. The van der Waals surface area contributed by atoms with Crippen LogP contribution in [-0.4, -0.2) is 25.8 Å². The molecule has 1 amide bonds. The largest absolute Gasteiger partial charge is 0.312 e. The number of sulfonamides is 1. The fraction of sp³-hybridized carbons (Fsp3) is 0.316. The molecule has 0 bridgehead atoms. The summed E-state index contributed by atoms with van der Waals surface area (Å²) in [6.45, 7) is 2.29. The molecule has 146 valence electrons. The molecule has 0 atom stereocenters. The van der Waals surface area contributed by atoms with Crippen LogP contribution in [0.25, 0.3) is 0 Å². The monoisotopic (exact) mass is 401 g/mol. The standard InChI is InChI=1S/C19H19N3O5S/c1-12-4-6-16(22(24)25)11-17(12)28(26,27)20-15-9-13-3-2-8-21-18(23)7-5-14(10-15)19(13)21/h4,6,9-11,20H,2-3,5,7-8H2,1H3. The first-order valence-electron chi connectivity index (χ1n) is 9.00. The first-order valence-corrected chi connectivity index (χ1v) is 10.5. The van der Waals surface area contributed by atoms with Gasteiger partial charge >= 0.3 is 0 Å². The molecule has 0 aliphatic carbocycles. The zero-order valence-corrected chi connectivity index (χ0v) is 16.1. The number of non-ortho nitro benzene ring substituents is 1. The van der Waals surface area contributed by atoms with Crippen LogP contribution in [0, 0.1) is 17.0 Å². The zero-order chi connectivity index (χ0) is 20.1. The maximum absolute atomic E-state index is 12.9. The number of nitrogens with zero attached hydrogens (tertiary/aromatic N) is 2. The van der Waals surface area contributed by atoms with E-state index in [-0.39, 0.29) is 16.5 Å². The Morgan fingerprint density at radius 1 is 1.11 bits per heavy atom. The molecule has 0 saturated heterocycles. The van der Waals surface area contributed by atoms with E-state index in [9.17, 15) is 23.3 Å². The van der Waals surface area contributed by atoms with Crippen molar-refractivity contribution < 1.29 is 18.1 Å². The summed E-state index contributed by atoms with van der Waals surface area (Å²) < 4.78 is 28.4. The fourth-order valence-corrected chi connectivity index (χ4v) is 5.22. The molecule has 4 rings (SSSR count). The summed E-state index contributed by atoms with van der Waals surface area (Å²) >= 11 is 0. The predicted octanol–water partition coefficient (Wildman–Crippen LogP) is 2.93. The Kier molecular flexibility index (Phi) is 4.34. The van der Waals surface area contributed by atoms with E-state index >= 15 is 0 Å². The number of anilines is 2. The number of nitrogens with one attached hydrogen (secondary N) is 1. The summed E-state index contributed by atoms with van der Waals surface area (Å²) in [5, 5.41) is 11.0. The highest BCUT2D eigenvalue weighted by Crippen LogP contribution is 2.38. The predicted molar refractivity (Wildman–Crippen MR) is 104 cm³/mol. The van der Waals surface area contributed by atoms with Crippen LogP contribution < -0.4 is 9.62 Å². The van der Waals surface area contributed by atoms with Crippen molar-refractivity contribution in [3.8, 4) is 0 Å². The molecule has 2 aromatic carbocycles. The number of hydrogen-bond donors (Lipinski definition) is 1. The van der Waals surface area contributed by atoms with E-state index in [1.807, 2.05) is 0 Å². The molecule has 2 aromatic rings. The first-order chi connectivity index (χ1) is 13.3. The van der Waals surface area contributed by atoms with Crippen molar-refractivity contribution in [3.05, 3.63) is 57.1 Å². The average Bonchev–Trinajstić information content (AvgIpc) is 2.64. The van der Waals surface area contributed by atoms with Gasteiger partial charge in [0.25, 0.3) is 15.7 Å². The first kappa shape index (κ1) is 18.4. The maximum Gasteiger partial charge on any atom is 0.270 e. The van der Waals surface area contributed by atoms with Gasteiger partial charge in [0.2, 0.25) is 5.91 Å². The topological polar surface area (TPSA) is 110 Å². The van der Waals surface area contributed by atoms with Crippen LogP contribution in [0.3, 0.4) is 0 Å². The lowest BCUT2D eigenvalue weighted by Crippen LogP contribution is -2.39. The smallest absolute Gasteiger partial charge is 0.270 e. The number of benzene rings is 2. The Balaban J connectivity index is 1.73. The van der Waals surface area contributed by atoms with E-state index in [0.717, 1.165) is 35.7 Å². The van der Waals surface area contributed by atoms with Crippen molar-refractivity contribution in [3.63, 3.8) is 0 Å². The molecule has 2 aliphatic rings. The fourth-order valence-electron chi connectivity index (χ4n) is 3.91. The van der Waals surface area contributed by atoms with Gasteiger partial charge in [0.1, 0.15) is 0 Å². The van der Waals surface area contributed by atoms with E-state index in [4.69, 9.17) is 0 Å². The van der Waals surface area contributed by atoms with Crippen molar-refractivity contribution in [2.45, 2.75) is 37.5 Å². The highest BCUT2D eigenvalue weighted by molar-refractivity contribution is 7.92. The molecule has 28 heavy (non-hydrogen) atoms. The van der Waals surface area contributed by atoms with Gasteiger partial charge in [0.15, 0.2) is 0 Å². The van der Waals surface area contributed by atoms with Crippen molar-refractivity contribution in [2.24, 2.45) is 0 Å². The molecule has 0 aromatic heterocycles. The highest BCUT2D eigenvalue weighted by atomic mass is 32.2. The van der Waals surface area contributed by atoms with Crippen molar-refractivity contribution >= 4 is 33.0 Å². The van der Waals surface area contributed by atoms with Crippen LogP contribution in [0.4, 0.5) is 17.1 Å². The van der Waals surface area contributed by atoms with Crippen molar-refractivity contribution in [2.75, 3.05) is 16.2 Å². The molecule has 2 aliphatic heterocycles. The third-order valence-corrected chi connectivity index (χ3v) is 6.72. The van der Waals surface area contributed by atoms with Gasteiger partial charge in [-0.2, -0.15) is 0 Å². The summed E-state index contributed by atoms with van der Waals surface area (Å²) in [5.41, 5.74) is 3.37. The summed E-state index contributed by atoms with van der Waals surface area (Å²) in [6, 6.07) is 7.29. The van der Waals surface area contributed by atoms with Crippen LogP contribution in [-0.2, 0) is 27.7 Å². The van der Waals surface area contributed by atoms with E-state index < -0.39 is 14.9 Å². The van der Waals surface area contributed by atoms with Gasteiger partial charge in [0, 0.05) is 30.8 Å². The molecular formula is C19H19N3O5S. The number of nitro benzene ring substituents is 1. The van der Waals surface area contributed by atoms with Gasteiger partial charge in [-0.1, -0.05) is 6.07 Å². The summed E-state index contributed by atoms with van der Waals surface area (Å²) in [7, 11) is -3.99. The normalized spacial score (nSPS) is 15.9. The molecule has 0 saturated carbocycles. The Morgan fingerprint density at radius 2 is 1.82 bits per heavy atom. The minimum Gasteiger partial charge on any atom is -0.312 e. The third kappa shape index (κ3) is 3.11. The van der Waals surface area contributed by atoms with Gasteiger partial charge in [-0.25, -0.2) is 8.42 Å². The van der Waals surface area contributed by atoms with Gasteiger partial charge in [-0.3, -0.25) is 19.6 Å².